The standard InChI is InChI=1S/C12H19NS/c1-4-13-12(11-7-8(11)2)10-5-6-14-9(10)3/h5-6,8,11-13H,4,7H2,1-3H3. The second-order valence-electron chi connectivity index (χ2n) is 4.34. The van der Waals surface area contributed by atoms with Crippen molar-refractivity contribution in [2.75, 3.05) is 6.54 Å². The maximum Gasteiger partial charge on any atom is 0.0362 e. The molecule has 1 aromatic heterocycles. The highest BCUT2D eigenvalue weighted by Gasteiger charge is 2.40. The molecule has 0 bridgehead atoms. The first kappa shape index (κ1) is 10.2. The van der Waals surface area contributed by atoms with E-state index in [9.17, 15) is 0 Å². The number of nitrogens with one attached hydrogen (secondary N) is 1. The van der Waals surface area contributed by atoms with Crippen molar-refractivity contribution in [3.63, 3.8) is 0 Å². The van der Waals surface area contributed by atoms with Gasteiger partial charge in [-0.3, -0.25) is 0 Å². The van der Waals surface area contributed by atoms with Crippen LogP contribution >= 0.6 is 11.3 Å². The molecule has 2 heteroatoms. The van der Waals surface area contributed by atoms with Gasteiger partial charge in [0.25, 0.3) is 0 Å². The summed E-state index contributed by atoms with van der Waals surface area (Å²) in [6.45, 7) is 7.86. The number of hydrogen-bond donors (Lipinski definition) is 1. The van der Waals surface area contributed by atoms with Crippen molar-refractivity contribution in [3.05, 3.63) is 21.9 Å². The Bertz CT molecular complexity index is 305. The van der Waals surface area contributed by atoms with Gasteiger partial charge in [0.1, 0.15) is 0 Å². The summed E-state index contributed by atoms with van der Waals surface area (Å²) >= 11 is 1.87. The molecule has 1 nitrogen and oxygen atoms in total. The van der Waals surface area contributed by atoms with E-state index in [1.165, 1.54) is 16.9 Å². The molecule has 0 spiro atoms. The van der Waals surface area contributed by atoms with Crippen molar-refractivity contribution < 1.29 is 0 Å². The van der Waals surface area contributed by atoms with Crippen LogP contribution in [0.15, 0.2) is 11.4 Å². The molecule has 1 fully saturated rings. The minimum Gasteiger partial charge on any atom is -0.310 e. The van der Waals surface area contributed by atoms with Crippen molar-refractivity contribution in [1.29, 1.82) is 0 Å². The summed E-state index contributed by atoms with van der Waals surface area (Å²) in [7, 11) is 0. The molecule has 0 radical (unpaired) electrons. The zero-order valence-corrected chi connectivity index (χ0v) is 10.0. The van der Waals surface area contributed by atoms with Gasteiger partial charge < -0.3 is 5.32 Å². The van der Waals surface area contributed by atoms with Crippen LogP contribution in [0, 0.1) is 18.8 Å². The molecular formula is C12H19NS. The van der Waals surface area contributed by atoms with Crippen molar-refractivity contribution >= 4 is 11.3 Å². The maximum atomic E-state index is 3.62. The third-order valence-corrected chi connectivity index (χ3v) is 4.12. The molecule has 78 valence electrons. The monoisotopic (exact) mass is 209 g/mol. The van der Waals surface area contributed by atoms with Gasteiger partial charge in [0.15, 0.2) is 0 Å². The minimum absolute atomic E-state index is 0.612. The average molecular weight is 209 g/mol. The lowest BCUT2D eigenvalue weighted by molar-refractivity contribution is 0.475. The van der Waals surface area contributed by atoms with Crippen LogP contribution in [0.1, 0.15) is 36.8 Å². The third kappa shape index (κ3) is 1.86. The topological polar surface area (TPSA) is 12.0 Å². The van der Waals surface area contributed by atoms with Gasteiger partial charge in [-0.1, -0.05) is 13.8 Å². The molecule has 0 aliphatic heterocycles. The summed E-state index contributed by atoms with van der Waals surface area (Å²) in [6.07, 6.45) is 1.40. The van der Waals surface area contributed by atoms with E-state index in [0.717, 1.165) is 18.4 Å². The lowest BCUT2D eigenvalue weighted by Crippen LogP contribution is -2.23. The number of thiophene rings is 1. The number of aryl methyl sites for hydroxylation is 1. The van der Waals surface area contributed by atoms with E-state index in [1.807, 2.05) is 11.3 Å². The van der Waals surface area contributed by atoms with Gasteiger partial charge in [-0.15, -0.1) is 11.3 Å². The van der Waals surface area contributed by atoms with Crippen LogP contribution < -0.4 is 5.32 Å². The molecule has 2 rings (SSSR count). The Labute approximate surface area is 90.5 Å². The van der Waals surface area contributed by atoms with Crippen LogP contribution in [0.2, 0.25) is 0 Å². The first-order valence-electron chi connectivity index (χ1n) is 5.51. The first-order chi connectivity index (χ1) is 6.74. The van der Waals surface area contributed by atoms with Gasteiger partial charge in [-0.2, -0.15) is 0 Å². The van der Waals surface area contributed by atoms with E-state index in [0.29, 0.717) is 6.04 Å². The predicted molar refractivity (Wildman–Crippen MR) is 62.7 cm³/mol. The Morgan fingerprint density at radius 2 is 2.36 bits per heavy atom. The molecule has 3 unspecified atom stereocenters. The molecule has 1 N–H and O–H groups in total. The van der Waals surface area contributed by atoms with E-state index in [1.54, 1.807) is 0 Å². The Morgan fingerprint density at radius 1 is 1.64 bits per heavy atom. The zero-order valence-electron chi connectivity index (χ0n) is 9.21. The first-order valence-corrected chi connectivity index (χ1v) is 6.39. The molecule has 0 aromatic carbocycles. The van der Waals surface area contributed by atoms with Gasteiger partial charge >= 0.3 is 0 Å². The Hall–Kier alpha value is -0.340. The third-order valence-electron chi connectivity index (χ3n) is 3.26. The van der Waals surface area contributed by atoms with Gasteiger partial charge in [-0.25, -0.2) is 0 Å². The van der Waals surface area contributed by atoms with E-state index in [4.69, 9.17) is 0 Å². The highest BCUT2D eigenvalue weighted by molar-refractivity contribution is 7.10. The van der Waals surface area contributed by atoms with E-state index in [-0.39, 0.29) is 0 Å². The minimum atomic E-state index is 0.612. The maximum absolute atomic E-state index is 3.62. The van der Waals surface area contributed by atoms with Crippen molar-refractivity contribution in [1.82, 2.24) is 5.32 Å². The predicted octanol–water partition coefficient (Wildman–Crippen LogP) is 3.36. The molecule has 1 saturated carbocycles. The summed E-state index contributed by atoms with van der Waals surface area (Å²) in [5.41, 5.74) is 1.53. The van der Waals surface area contributed by atoms with Crippen LogP contribution in [0.4, 0.5) is 0 Å². The van der Waals surface area contributed by atoms with Crippen molar-refractivity contribution in [2.24, 2.45) is 11.8 Å². The van der Waals surface area contributed by atoms with Gasteiger partial charge in [0.2, 0.25) is 0 Å². The summed E-state index contributed by atoms with van der Waals surface area (Å²) < 4.78 is 0. The largest absolute Gasteiger partial charge is 0.310 e. The molecule has 0 amide bonds. The Kier molecular flexibility index (Phi) is 2.93. The fourth-order valence-corrected chi connectivity index (χ4v) is 2.99. The van der Waals surface area contributed by atoms with Crippen LogP contribution in [0.5, 0.6) is 0 Å². The van der Waals surface area contributed by atoms with Crippen molar-refractivity contribution in [2.45, 2.75) is 33.2 Å². The molecule has 0 saturated heterocycles. The second-order valence-corrected chi connectivity index (χ2v) is 5.46. The Morgan fingerprint density at radius 3 is 2.79 bits per heavy atom. The number of rotatable bonds is 4. The summed E-state index contributed by atoms with van der Waals surface area (Å²) in [5.74, 6) is 1.79. The molecule has 1 aliphatic carbocycles. The molecule has 1 aliphatic rings. The van der Waals surface area contributed by atoms with E-state index >= 15 is 0 Å². The SMILES string of the molecule is CCNC(c1ccsc1C)C1CC1C. The summed E-state index contributed by atoms with van der Waals surface area (Å²) in [6, 6.07) is 2.90. The van der Waals surface area contributed by atoms with Crippen LogP contribution in [-0.4, -0.2) is 6.54 Å². The fourth-order valence-electron chi connectivity index (χ4n) is 2.24. The van der Waals surface area contributed by atoms with Crippen LogP contribution in [-0.2, 0) is 0 Å². The van der Waals surface area contributed by atoms with Crippen LogP contribution in [0.25, 0.3) is 0 Å². The normalized spacial score (nSPS) is 27.6. The van der Waals surface area contributed by atoms with E-state index in [2.05, 4.69) is 37.5 Å². The average Bonchev–Trinajstić information content (AvgIpc) is 2.71. The highest BCUT2D eigenvalue weighted by Crippen LogP contribution is 2.47. The fraction of sp³-hybridized carbons (Fsp3) is 0.667. The lowest BCUT2D eigenvalue weighted by atomic mass is 10.0. The van der Waals surface area contributed by atoms with Gasteiger partial charge in [0, 0.05) is 10.9 Å². The van der Waals surface area contributed by atoms with Crippen molar-refractivity contribution in [3.8, 4) is 0 Å². The van der Waals surface area contributed by atoms with E-state index < -0.39 is 0 Å². The smallest absolute Gasteiger partial charge is 0.0362 e. The summed E-state index contributed by atoms with van der Waals surface area (Å²) in [4.78, 5) is 1.48. The van der Waals surface area contributed by atoms with Gasteiger partial charge in [-0.05, 0) is 48.7 Å². The second kappa shape index (κ2) is 4.03. The highest BCUT2D eigenvalue weighted by atomic mass is 32.1. The molecule has 1 aromatic rings. The summed E-state index contributed by atoms with van der Waals surface area (Å²) in [5, 5.41) is 5.84. The number of hydrogen-bond acceptors (Lipinski definition) is 2. The lowest BCUT2D eigenvalue weighted by Gasteiger charge is -2.17. The molecular weight excluding hydrogens is 190 g/mol. The van der Waals surface area contributed by atoms with Gasteiger partial charge in [0.05, 0.1) is 0 Å². The Balaban J connectivity index is 2.14. The van der Waals surface area contributed by atoms with Crippen LogP contribution in [0.3, 0.4) is 0 Å². The zero-order chi connectivity index (χ0) is 10.1. The molecule has 3 atom stereocenters. The quantitative estimate of drug-likeness (QED) is 0.801. The molecule has 1 heterocycles. The molecule has 14 heavy (non-hydrogen) atoms.